The minimum atomic E-state index is 0.368. The molecule has 0 nitrogen and oxygen atoms in total. The maximum Gasteiger partial charge on any atom is 0.0435 e. The number of allylic oxidation sites excluding steroid dienone is 1. The lowest BCUT2D eigenvalue weighted by atomic mass is 10.4. The molecule has 0 N–H and O–H groups in total. The highest BCUT2D eigenvalue weighted by molar-refractivity contribution is 9.10. The zero-order chi connectivity index (χ0) is 4.62. The van der Waals surface area contributed by atoms with Crippen LogP contribution in [0.15, 0.2) is 12.7 Å². The van der Waals surface area contributed by atoms with Crippen molar-refractivity contribution in [2.24, 2.45) is 0 Å². The van der Waals surface area contributed by atoms with E-state index in [0.29, 0.717) is 4.32 Å². The van der Waals surface area contributed by atoms with Crippen LogP contribution in [0.25, 0.3) is 0 Å². The number of halogens is 1. The Morgan fingerprint density at radius 1 is 1.67 bits per heavy atom. The third-order valence-corrected chi connectivity index (χ3v) is 2.21. The molecule has 0 spiro atoms. The van der Waals surface area contributed by atoms with Gasteiger partial charge in [-0.2, -0.15) is 0 Å². The molecule has 0 radical (unpaired) electrons. The molecule has 0 aromatic rings. The molecule has 0 unspecified atom stereocenters. The second-order valence-corrected chi connectivity index (χ2v) is 3.32. The lowest BCUT2D eigenvalue weighted by molar-refractivity contribution is 1.23. The van der Waals surface area contributed by atoms with E-state index in [1.807, 2.05) is 6.08 Å². The average molecular weight is 147 g/mol. The van der Waals surface area contributed by atoms with Crippen molar-refractivity contribution in [1.29, 1.82) is 0 Å². The molecule has 0 bridgehead atoms. The van der Waals surface area contributed by atoms with Crippen LogP contribution in [0.2, 0.25) is 0 Å². The van der Waals surface area contributed by atoms with Crippen LogP contribution in [0.1, 0.15) is 12.8 Å². The van der Waals surface area contributed by atoms with Crippen molar-refractivity contribution in [2.45, 2.75) is 17.2 Å². The van der Waals surface area contributed by atoms with Gasteiger partial charge in [0.05, 0.1) is 0 Å². The first kappa shape index (κ1) is 4.38. The van der Waals surface area contributed by atoms with Crippen LogP contribution < -0.4 is 0 Å². The summed E-state index contributed by atoms with van der Waals surface area (Å²) in [6.07, 6.45) is 4.51. The van der Waals surface area contributed by atoms with Gasteiger partial charge in [-0.25, -0.2) is 0 Å². The van der Waals surface area contributed by atoms with Gasteiger partial charge in [-0.05, 0) is 12.8 Å². The van der Waals surface area contributed by atoms with Crippen LogP contribution in [0, 0.1) is 0 Å². The molecule has 1 rings (SSSR count). The Bertz CT molecular complexity index is 72.0. The standard InChI is InChI=1S/C5H7Br/c1-2-5(6)3-4-5/h2H,1,3-4H2. The van der Waals surface area contributed by atoms with Gasteiger partial charge in [0, 0.05) is 4.32 Å². The smallest absolute Gasteiger partial charge is 0.0435 e. The van der Waals surface area contributed by atoms with Gasteiger partial charge >= 0.3 is 0 Å². The third kappa shape index (κ3) is 0.648. The van der Waals surface area contributed by atoms with E-state index in [-0.39, 0.29) is 0 Å². The summed E-state index contributed by atoms with van der Waals surface area (Å²) in [4.78, 5) is 0. The Balaban J connectivity index is 2.47. The topological polar surface area (TPSA) is 0 Å². The monoisotopic (exact) mass is 146 g/mol. The van der Waals surface area contributed by atoms with Crippen molar-refractivity contribution in [2.75, 3.05) is 0 Å². The molecule has 6 heavy (non-hydrogen) atoms. The van der Waals surface area contributed by atoms with Crippen LogP contribution >= 0.6 is 15.9 Å². The number of rotatable bonds is 1. The van der Waals surface area contributed by atoms with Gasteiger partial charge in [-0.1, -0.05) is 22.0 Å². The normalized spacial score (nSPS) is 26.2. The van der Waals surface area contributed by atoms with Crippen LogP contribution in [0.4, 0.5) is 0 Å². The highest BCUT2D eigenvalue weighted by Gasteiger charge is 2.35. The molecule has 1 saturated carbocycles. The zero-order valence-corrected chi connectivity index (χ0v) is 5.16. The molecule has 0 aromatic carbocycles. The van der Waals surface area contributed by atoms with Crippen LogP contribution in [-0.2, 0) is 0 Å². The predicted molar refractivity (Wildman–Crippen MR) is 31.1 cm³/mol. The Hall–Kier alpha value is 0.220. The summed E-state index contributed by atoms with van der Waals surface area (Å²) in [7, 11) is 0. The molecule has 0 aliphatic heterocycles. The SMILES string of the molecule is C=CC1(Br)CC1. The minimum Gasteiger partial charge on any atom is -0.102 e. The fourth-order valence-corrected chi connectivity index (χ4v) is 0.522. The summed E-state index contributed by atoms with van der Waals surface area (Å²) < 4.78 is 0.368. The van der Waals surface area contributed by atoms with Crippen molar-refractivity contribution in [3.05, 3.63) is 12.7 Å². The fraction of sp³-hybridized carbons (Fsp3) is 0.600. The van der Waals surface area contributed by atoms with E-state index in [1.165, 1.54) is 12.8 Å². The molecule has 0 heterocycles. The van der Waals surface area contributed by atoms with E-state index in [9.17, 15) is 0 Å². The fourth-order valence-electron chi connectivity index (χ4n) is 0.324. The number of hydrogen-bond acceptors (Lipinski definition) is 0. The zero-order valence-electron chi connectivity index (χ0n) is 3.58. The number of alkyl halides is 1. The first-order valence-corrected chi connectivity index (χ1v) is 2.89. The highest BCUT2D eigenvalue weighted by atomic mass is 79.9. The summed E-state index contributed by atoms with van der Waals surface area (Å²) in [5.41, 5.74) is 0. The molecular formula is C5H7Br. The quantitative estimate of drug-likeness (QED) is 0.393. The van der Waals surface area contributed by atoms with E-state index >= 15 is 0 Å². The number of hydrogen-bond donors (Lipinski definition) is 0. The van der Waals surface area contributed by atoms with E-state index in [1.54, 1.807) is 0 Å². The second kappa shape index (κ2) is 1.09. The summed E-state index contributed by atoms with van der Waals surface area (Å²) in [6.45, 7) is 3.65. The Labute approximate surface area is 46.4 Å². The molecule has 1 heteroatoms. The van der Waals surface area contributed by atoms with E-state index in [2.05, 4.69) is 22.5 Å². The largest absolute Gasteiger partial charge is 0.102 e. The van der Waals surface area contributed by atoms with E-state index in [4.69, 9.17) is 0 Å². The third-order valence-electron chi connectivity index (χ3n) is 1.09. The van der Waals surface area contributed by atoms with E-state index < -0.39 is 0 Å². The molecule has 0 aromatic heterocycles. The maximum atomic E-state index is 3.65. The predicted octanol–water partition coefficient (Wildman–Crippen LogP) is 2.10. The van der Waals surface area contributed by atoms with Gasteiger partial charge in [-0.3, -0.25) is 0 Å². The Morgan fingerprint density at radius 2 is 2.17 bits per heavy atom. The molecule has 0 saturated heterocycles. The van der Waals surface area contributed by atoms with Gasteiger partial charge in [-0.15, -0.1) is 6.58 Å². The molecule has 0 amide bonds. The highest BCUT2D eigenvalue weighted by Crippen LogP contribution is 2.45. The molecular weight excluding hydrogens is 140 g/mol. The first-order chi connectivity index (χ1) is 2.77. The average Bonchev–Trinajstić information content (AvgIpc) is 2.22. The van der Waals surface area contributed by atoms with Crippen LogP contribution in [0.3, 0.4) is 0 Å². The summed E-state index contributed by atoms with van der Waals surface area (Å²) in [5.74, 6) is 0. The van der Waals surface area contributed by atoms with Crippen molar-refractivity contribution in [3.8, 4) is 0 Å². The first-order valence-electron chi connectivity index (χ1n) is 2.09. The summed E-state index contributed by atoms with van der Waals surface area (Å²) >= 11 is 3.47. The molecule has 0 atom stereocenters. The van der Waals surface area contributed by atoms with Gasteiger partial charge in [0.25, 0.3) is 0 Å². The summed E-state index contributed by atoms with van der Waals surface area (Å²) in [5, 5.41) is 0. The Morgan fingerprint density at radius 3 is 2.17 bits per heavy atom. The molecule has 1 aliphatic rings. The van der Waals surface area contributed by atoms with Crippen molar-refractivity contribution in [1.82, 2.24) is 0 Å². The van der Waals surface area contributed by atoms with Crippen molar-refractivity contribution < 1.29 is 0 Å². The second-order valence-electron chi connectivity index (χ2n) is 1.74. The summed E-state index contributed by atoms with van der Waals surface area (Å²) in [6, 6.07) is 0. The van der Waals surface area contributed by atoms with Gasteiger partial charge < -0.3 is 0 Å². The molecule has 1 fully saturated rings. The van der Waals surface area contributed by atoms with Gasteiger partial charge in [0.1, 0.15) is 0 Å². The maximum absolute atomic E-state index is 3.65. The lowest BCUT2D eigenvalue weighted by Gasteiger charge is -1.87. The molecule has 1 aliphatic carbocycles. The van der Waals surface area contributed by atoms with E-state index in [0.717, 1.165) is 0 Å². The minimum absolute atomic E-state index is 0.368. The van der Waals surface area contributed by atoms with Gasteiger partial charge in [0.15, 0.2) is 0 Å². The van der Waals surface area contributed by atoms with Gasteiger partial charge in [0.2, 0.25) is 0 Å². The van der Waals surface area contributed by atoms with Crippen molar-refractivity contribution in [3.63, 3.8) is 0 Å². The van der Waals surface area contributed by atoms with Crippen LogP contribution in [0.5, 0.6) is 0 Å². The van der Waals surface area contributed by atoms with Crippen molar-refractivity contribution >= 4 is 15.9 Å². The Kier molecular flexibility index (Phi) is 0.798. The lowest BCUT2D eigenvalue weighted by Crippen LogP contribution is -1.83. The molecule has 34 valence electrons. The van der Waals surface area contributed by atoms with Crippen LogP contribution in [-0.4, -0.2) is 4.32 Å².